The van der Waals surface area contributed by atoms with Crippen LogP contribution in [0.4, 0.5) is 0 Å². The number of nitrogens with zero attached hydrogens (tertiary/aromatic N) is 4. The molecule has 150 valence electrons. The molecule has 0 radical (unpaired) electrons. The number of carbonyl (C=O) groups excluding carboxylic acids is 1. The van der Waals surface area contributed by atoms with Crippen molar-refractivity contribution >= 4 is 23.5 Å². The van der Waals surface area contributed by atoms with Crippen LogP contribution in [0.1, 0.15) is 21.8 Å². The average Bonchev–Trinajstić information content (AvgIpc) is 3.35. The van der Waals surface area contributed by atoms with Gasteiger partial charge in [-0.2, -0.15) is 10.2 Å². The number of amides is 1. The summed E-state index contributed by atoms with van der Waals surface area (Å²) in [6, 6.07) is 18.0. The lowest BCUT2D eigenvalue weighted by atomic mass is 10.1. The number of nitrogens with one attached hydrogen (secondary N) is 1. The molecule has 1 N–H and O–H groups in total. The van der Waals surface area contributed by atoms with Crippen LogP contribution in [0.2, 0.25) is 0 Å². The van der Waals surface area contributed by atoms with Crippen LogP contribution in [-0.2, 0) is 11.2 Å². The van der Waals surface area contributed by atoms with Crippen molar-refractivity contribution in [3.05, 3.63) is 88.0 Å². The van der Waals surface area contributed by atoms with Gasteiger partial charge < -0.3 is 0 Å². The number of carbonyl (C=O) groups is 1. The van der Waals surface area contributed by atoms with Crippen LogP contribution in [-0.4, -0.2) is 26.9 Å². The Labute approximate surface area is 178 Å². The molecule has 30 heavy (non-hydrogen) atoms. The van der Waals surface area contributed by atoms with Crippen molar-refractivity contribution in [2.24, 2.45) is 5.10 Å². The molecule has 4 aromatic rings. The highest BCUT2D eigenvalue weighted by Crippen LogP contribution is 2.23. The molecule has 2 heterocycles. The molecule has 1 amide bonds. The molecule has 0 spiro atoms. The van der Waals surface area contributed by atoms with Crippen molar-refractivity contribution in [3.8, 4) is 16.9 Å². The number of benzene rings is 2. The van der Waals surface area contributed by atoms with Gasteiger partial charge in [0.25, 0.3) is 0 Å². The van der Waals surface area contributed by atoms with Crippen LogP contribution in [0.15, 0.2) is 71.3 Å². The van der Waals surface area contributed by atoms with E-state index in [2.05, 4.69) is 15.5 Å². The number of hydrogen-bond donors (Lipinski definition) is 1. The minimum absolute atomic E-state index is 0.204. The molecule has 0 saturated heterocycles. The van der Waals surface area contributed by atoms with Gasteiger partial charge in [-0.15, -0.1) is 11.3 Å². The lowest BCUT2D eigenvalue weighted by Gasteiger charge is -2.04. The SMILES string of the molecule is Cc1nc(CC(=O)N/N=C\c2cn(-c3ccccc3C)nc2-c2ccccc2)cs1. The lowest BCUT2D eigenvalue weighted by molar-refractivity contribution is -0.120. The average molecular weight is 416 g/mol. The normalized spacial score (nSPS) is 11.1. The molecule has 0 aliphatic rings. The Morgan fingerprint density at radius 3 is 2.63 bits per heavy atom. The summed E-state index contributed by atoms with van der Waals surface area (Å²) < 4.78 is 1.85. The quantitative estimate of drug-likeness (QED) is 0.377. The highest BCUT2D eigenvalue weighted by molar-refractivity contribution is 7.09. The number of aryl methyl sites for hydroxylation is 2. The van der Waals surface area contributed by atoms with E-state index in [1.807, 2.05) is 84.7 Å². The standard InChI is InChI=1S/C23H21N5OS/c1-16-8-6-7-11-21(16)28-14-19(23(27-28)18-9-4-3-5-10-18)13-24-26-22(29)12-20-15-30-17(2)25-20/h3-11,13-15H,12H2,1-2H3,(H,26,29)/b24-13-. The zero-order valence-corrected chi connectivity index (χ0v) is 17.6. The Morgan fingerprint density at radius 1 is 1.13 bits per heavy atom. The van der Waals surface area contributed by atoms with Crippen LogP contribution in [0.25, 0.3) is 16.9 Å². The Morgan fingerprint density at radius 2 is 1.90 bits per heavy atom. The molecule has 0 aliphatic heterocycles. The van der Waals surface area contributed by atoms with Gasteiger partial charge in [-0.05, 0) is 25.5 Å². The summed E-state index contributed by atoms with van der Waals surface area (Å²) in [4.78, 5) is 16.5. The number of rotatable bonds is 6. The molecule has 0 unspecified atom stereocenters. The monoisotopic (exact) mass is 415 g/mol. The third-order valence-corrected chi connectivity index (χ3v) is 5.38. The fourth-order valence-corrected chi connectivity index (χ4v) is 3.73. The van der Waals surface area contributed by atoms with Gasteiger partial charge in [0.15, 0.2) is 0 Å². The van der Waals surface area contributed by atoms with Crippen molar-refractivity contribution in [3.63, 3.8) is 0 Å². The summed E-state index contributed by atoms with van der Waals surface area (Å²) in [5.41, 5.74) is 8.05. The van der Waals surface area contributed by atoms with E-state index in [1.165, 1.54) is 11.3 Å². The van der Waals surface area contributed by atoms with E-state index in [0.717, 1.165) is 38.8 Å². The van der Waals surface area contributed by atoms with Crippen molar-refractivity contribution in [1.29, 1.82) is 0 Å². The molecule has 4 rings (SSSR count). The van der Waals surface area contributed by atoms with Gasteiger partial charge >= 0.3 is 0 Å². The van der Waals surface area contributed by atoms with Crippen molar-refractivity contribution in [2.75, 3.05) is 0 Å². The molecule has 2 aromatic carbocycles. The second kappa shape index (κ2) is 8.84. The fraction of sp³-hybridized carbons (Fsp3) is 0.130. The van der Waals surface area contributed by atoms with Crippen molar-refractivity contribution in [1.82, 2.24) is 20.2 Å². The summed E-state index contributed by atoms with van der Waals surface area (Å²) in [5.74, 6) is -0.205. The van der Waals surface area contributed by atoms with Crippen LogP contribution in [0.3, 0.4) is 0 Å². The minimum atomic E-state index is -0.205. The van der Waals surface area contributed by atoms with Crippen LogP contribution in [0, 0.1) is 13.8 Å². The highest BCUT2D eigenvalue weighted by atomic mass is 32.1. The second-order valence-electron chi connectivity index (χ2n) is 6.86. The summed E-state index contributed by atoms with van der Waals surface area (Å²) >= 11 is 1.53. The van der Waals surface area contributed by atoms with Gasteiger partial charge in [0.1, 0.15) is 5.69 Å². The second-order valence-corrected chi connectivity index (χ2v) is 7.92. The third-order valence-electron chi connectivity index (χ3n) is 4.55. The maximum absolute atomic E-state index is 12.2. The van der Waals surface area contributed by atoms with Gasteiger partial charge in [0.05, 0.1) is 29.0 Å². The molecule has 0 atom stereocenters. The number of aromatic nitrogens is 3. The van der Waals surface area contributed by atoms with Crippen LogP contribution in [0.5, 0.6) is 0 Å². The lowest BCUT2D eigenvalue weighted by Crippen LogP contribution is -2.19. The number of thiazole rings is 1. The van der Waals surface area contributed by atoms with Gasteiger partial charge in [-0.3, -0.25) is 4.79 Å². The summed E-state index contributed by atoms with van der Waals surface area (Å²) in [6.07, 6.45) is 3.76. The summed E-state index contributed by atoms with van der Waals surface area (Å²) in [7, 11) is 0. The molecule has 7 heteroatoms. The number of hydrogen-bond acceptors (Lipinski definition) is 5. The fourth-order valence-electron chi connectivity index (χ4n) is 3.11. The van der Waals surface area contributed by atoms with E-state index >= 15 is 0 Å². The van der Waals surface area contributed by atoms with E-state index in [0.29, 0.717) is 0 Å². The largest absolute Gasteiger partial charge is 0.273 e. The van der Waals surface area contributed by atoms with Crippen molar-refractivity contribution < 1.29 is 4.79 Å². The summed E-state index contributed by atoms with van der Waals surface area (Å²) in [5, 5.41) is 11.8. The zero-order chi connectivity index (χ0) is 20.9. The zero-order valence-electron chi connectivity index (χ0n) is 16.7. The van der Waals surface area contributed by atoms with Gasteiger partial charge in [-0.1, -0.05) is 48.5 Å². The predicted octanol–water partition coefficient (Wildman–Crippen LogP) is 4.31. The topological polar surface area (TPSA) is 72.2 Å². The smallest absolute Gasteiger partial charge is 0.246 e. The van der Waals surface area contributed by atoms with E-state index in [9.17, 15) is 4.79 Å². The maximum Gasteiger partial charge on any atom is 0.246 e. The van der Waals surface area contributed by atoms with Crippen molar-refractivity contribution in [2.45, 2.75) is 20.3 Å². The Balaban J connectivity index is 1.59. The minimum Gasteiger partial charge on any atom is -0.273 e. The van der Waals surface area contributed by atoms with Crippen LogP contribution < -0.4 is 5.43 Å². The Hall–Kier alpha value is -3.58. The first-order chi connectivity index (χ1) is 14.6. The third kappa shape index (κ3) is 4.52. The molecular formula is C23H21N5OS. The van der Waals surface area contributed by atoms with Gasteiger partial charge in [-0.25, -0.2) is 15.1 Å². The summed E-state index contributed by atoms with van der Waals surface area (Å²) in [6.45, 7) is 3.97. The maximum atomic E-state index is 12.2. The van der Waals surface area contributed by atoms with E-state index in [1.54, 1.807) is 6.21 Å². The molecular weight excluding hydrogens is 394 g/mol. The van der Waals surface area contributed by atoms with Gasteiger partial charge in [0.2, 0.25) is 5.91 Å². The van der Waals surface area contributed by atoms with E-state index in [-0.39, 0.29) is 12.3 Å². The molecule has 0 aliphatic carbocycles. The van der Waals surface area contributed by atoms with Gasteiger partial charge in [0, 0.05) is 22.7 Å². The number of para-hydroxylation sites is 1. The van der Waals surface area contributed by atoms with E-state index < -0.39 is 0 Å². The van der Waals surface area contributed by atoms with Crippen LogP contribution >= 0.6 is 11.3 Å². The molecule has 2 aromatic heterocycles. The molecule has 6 nitrogen and oxygen atoms in total. The van der Waals surface area contributed by atoms with E-state index in [4.69, 9.17) is 5.10 Å². The first-order valence-corrected chi connectivity index (χ1v) is 10.4. The Bertz CT molecular complexity index is 1190. The molecule has 0 saturated carbocycles. The molecule has 0 bridgehead atoms. The first kappa shape index (κ1) is 19.7. The molecule has 0 fully saturated rings. The number of hydrazone groups is 1. The first-order valence-electron chi connectivity index (χ1n) is 9.54. The highest BCUT2D eigenvalue weighted by Gasteiger charge is 2.12. The Kier molecular flexibility index (Phi) is 5.81. The predicted molar refractivity (Wildman–Crippen MR) is 120 cm³/mol.